The van der Waals surface area contributed by atoms with Crippen LogP contribution in [0.1, 0.15) is 27.7 Å². The third-order valence-electron chi connectivity index (χ3n) is 4.39. The van der Waals surface area contributed by atoms with Crippen LogP contribution in [0.25, 0.3) is 0 Å². The van der Waals surface area contributed by atoms with Crippen molar-refractivity contribution >= 4 is 5.97 Å². The largest absolute Gasteiger partial charge is 0.493 e. The number of carbonyl (C=O) groups is 1. The zero-order valence-electron chi connectivity index (χ0n) is 10.7. The summed E-state index contributed by atoms with van der Waals surface area (Å²) >= 11 is 0. The number of ether oxygens (including phenoxy) is 1. The topological polar surface area (TPSA) is 75.2 Å². The fourth-order valence-electron chi connectivity index (χ4n) is 3.36. The van der Waals surface area contributed by atoms with E-state index in [4.69, 9.17) is 9.84 Å². The van der Waals surface area contributed by atoms with Gasteiger partial charge in [-0.25, -0.2) is 4.79 Å². The smallest absolute Gasteiger partial charge is 0.356 e. The summed E-state index contributed by atoms with van der Waals surface area (Å²) in [7, 11) is 0. The molecule has 2 aliphatic rings. The van der Waals surface area contributed by atoms with Gasteiger partial charge in [0.2, 0.25) is 0 Å². The fraction of sp³-hybridized carbons (Fsp3) is 0.333. The quantitative estimate of drug-likeness (QED) is 0.891. The number of carboxylic acids is 1. The van der Waals surface area contributed by atoms with Crippen LogP contribution in [-0.4, -0.2) is 27.9 Å². The molecule has 2 N–H and O–H groups in total. The van der Waals surface area contributed by atoms with Crippen molar-refractivity contribution in [3.63, 3.8) is 0 Å². The van der Waals surface area contributed by atoms with Crippen molar-refractivity contribution in [2.75, 3.05) is 6.61 Å². The molecule has 2 aliphatic carbocycles. The number of H-pyrrole nitrogens is 1. The van der Waals surface area contributed by atoms with Gasteiger partial charge in [0.1, 0.15) is 5.75 Å². The zero-order valence-corrected chi connectivity index (χ0v) is 10.7. The van der Waals surface area contributed by atoms with Crippen LogP contribution in [-0.2, 0) is 6.42 Å². The average Bonchev–Trinajstić information content (AvgIpc) is 2.81. The van der Waals surface area contributed by atoms with E-state index >= 15 is 0 Å². The molecule has 3 atom stereocenters. The molecule has 0 saturated heterocycles. The van der Waals surface area contributed by atoms with E-state index in [0.29, 0.717) is 24.4 Å². The molecule has 1 aromatic heterocycles. The number of nitrogens with zero attached hydrogens (tertiary/aromatic N) is 1. The van der Waals surface area contributed by atoms with Crippen LogP contribution in [0.4, 0.5) is 0 Å². The van der Waals surface area contributed by atoms with E-state index in [9.17, 15) is 4.79 Å². The summed E-state index contributed by atoms with van der Waals surface area (Å²) < 4.78 is 5.78. The van der Waals surface area contributed by atoms with Crippen molar-refractivity contribution in [1.82, 2.24) is 10.2 Å². The molecular weight excluding hydrogens is 256 g/mol. The van der Waals surface area contributed by atoms with Gasteiger partial charge in [-0.1, -0.05) is 18.2 Å². The maximum atomic E-state index is 11.0. The van der Waals surface area contributed by atoms with Crippen LogP contribution in [0, 0.1) is 11.8 Å². The Morgan fingerprint density at radius 3 is 2.95 bits per heavy atom. The van der Waals surface area contributed by atoms with E-state index in [0.717, 1.165) is 23.4 Å². The van der Waals surface area contributed by atoms with Crippen molar-refractivity contribution in [2.24, 2.45) is 11.8 Å². The first kappa shape index (κ1) is 11.5. The van der Waals surface area contributed by atoms with Gasteiger partial charge in [0.15, 0.2) is 5.69 Å². The maximum Gasteiger partial charge on any atom is 0.356 e. The number of rotatable bonds is 4. The summed E-state index contributed by atoms with van der Waals surface area (Å²) in [4.78, 5) is 11.0. The number of fused-ring (bicyclic) bond motifs is 3. The number of benzene rings is 1. The maximum absolute atomic E-state index is 11.0. The molecule has 0 spiro atoms. The Bertz CT molecular complexity index is 665. The molecule has 1 heterocycles. The van der Waals surface area contributed by atoms with Gasteiger partial charge in [-0.2, -0.15) is 5.10 Å². The molecule has 1 saturated carbocycles. The Morgan fingerprint density at radius 1 is 1.40 bits per heavy atom. The molecule has 3 unspecified atom stereocenters. The Morgan fingerprint density at radius 2 is 2.20 bits per heavy atom. The monoisotopic (exact) mass is 270 g/mol. The first-order chi connectivity index (χ1) is 9.75. The Kier molecular flexibility index (Phi) is 2.36. The predicted molar refractivity (Wildman–Crippen MR) is 70.9 cm³/mol. The predicted octanol–water partition coefficient (Wildman–Crippen LogP) is 2.07. The first-order valence-electron chi connectivity index (χ1n) is 6.74. The summed E-state index contributed by atoms with van der Waals surface area (Å²) in [6, 6.07) is 9.76. The van der Waals surface area contributed by atoms with Crippen LogP contribution < -0.4 is 4.74 Å². The van der Waals surface area contributed by atoms with E-state index in [1.54, 1.807) is 0 Å². The normalized spacial score (nSPS) is 25.9. The van der Waals surface area contributed by atoms with Gasteiger partial charge in [-0.15, -0.1) is 0 Å². The number of hydrogen-bond acceptors (Lipinski definition) is 3. The van der Waals surface area contributed by atoms with Crippen LogP contribution in [0.5, 0.6) is 5.75 Å². The molecule has 20 heavy (non-hydrogen) atoms. The zero-order chi connectivity index (χ0) is 13.7. The summed E-state index contributed by atoms with van der Waals surface area (Å²) in [5, 5.41) is 15.9. The van der Waals surface area contributed by atoms with Gasteiger partial charge in [0, 0.05) is 23.1 Å². The van der Waals surface area contributed by atoms with Gasteiger partial charge >= 0.3 is 5.97 Å². The molecule has 5 nitrogen and oxygen atoms in total. The van der Waals surface area contributed by atoms with E-state index in [1.165, 1.54) is 0 Å². The number of aromatic carboxylic acids is 1. The highest BCUT2D eigenvalue weighted by Gasteiger charge is 2.58. The fourth-order valence-corrected chi connectivity index (χ4v) is 3.36. The van der Waals surface area contributed by atoms with Crippen molar-refractivity contribution in [3.05, 3.63) is 47.3 Å². The molecule has 102 valence electrons. The minimum Gasteiger partial charge on any atom is -0.493 e. The molecule has 0 bridgehead atoms. The van der Waals surface area contributed by atoms with Gasteiger partial charge < -0.3 is 9.84 Å². The number of nitrogens with one attached hydrogen (secondary N) is 1. The van der Waals surface area contributed by atoms with E-state index < -0.39 is 5.97 Å². The summed E-state index contributed by atoms with van der Waals surface area (Å²) in [6.07, 6.45) is 0.806. The molecular formula is C15H14N2O3. The third-order valence-corrected chi connectivity index (χ3v) is 4.39. The summed E-state index contributed by atoms with van der Waals surface area (Å²) in [5.74, 6) is 1.33. The lowest BCUT2D eigenvalue weighted by Crippen LogP contribution is -2.06. The van der Waals surface area contributed by atoms with Gasteiger partial charge in [-0.05, 0) is 24.5 Å². The van der Waals surface area contributed by atoms with Crippen LogP contribution >= 0.6 is 0 Å². The second-order valence-corrected chi connectivity index (χ2v) is 5.45. The van der Waals surface area contributed by atoms with Crippen molar-refractivity contribution in [2.45, 2.75) is 12.3 Å². The van der Waals surface area contributed by atoms with Crippen LogP contribution in [0.2, 0.25) is 0 Å². The highest BCUT2D eigenvalue weighted by Crippen LogP contribution is 2.61. The molecule has 2 aromatic rings. The van der Waals surface area contributed by atoms with Crippen LogP contribution in [0.3, 0.4) is 0 Å². The van der Waals surface area contributed by atoms with Crippen molar-refractivity contribution < 1.29 is 14.6 Å². The Balaban J connectivity index is 1.45. The number of hydrogen-bond donors (Lipinski definition) is 2. The molecule has 1 fully saturated rings. The standard InChI is InChI=1S/C15H14N2O3/c18-15(19)14-10-6-9-11(12(9)13(10)16-17-14)7-20-8-4-2-1-3-5-8/h1-5,9,11-12H,6-7H2,(H,16,17)(H,18,19). The lowest BCUT2D eigenvalue weighted by molar-refractivity contribution is 0.0689. The van der Waals surface area contributed by atoms with Crippen molar-refractivity contribution in [1.29, 1.82) is 0 Å². The molecule has 0 amide bonds. The third kappa shape index (κ3) is 1.62. The SMILES string of the molecule is O=C(O)c1n[nH]c2c1CC1C(COc3ccccc3)C21. The lowest BCUT2D eigenvalue weighted by Gasteiger charge is -2.07. The van der Waals surface area contributed by atoms with Gasteiger partial charge in [0.25, 0.3) is 0 Å². The molecule has 5 heteroatoms. The number of aromatic nitrogens is 2. The Labute approximate surface area is 115 Å². The van der Waals surface area contributed by atoms with Crippen LogP contribution in [0.15, 0.2) is 30.3 Å². The molecule has 1 aromatic carbocycles. The minimum absolute atomic E-state index is 0.190. The summed E-state index contributed by atoms with van der Waals surface area (Å²) in [6.45, 7) is 0.681. The van der Waals surface area contributed by atoms with Crippen molar-refractivity contribution in [3.8, 4) is 5.75 Å². The number of carboxylic acid groups (broad SMARTS) is 1. The molecule has 4 rings (SSSR count). The van der Waals surface area contributed by atoms with Gasteiger partial charge in [-0.3, -0.25) is 5.10 Å². The van der Waals surface area contributed by atoms with E-state index in [-0.39, 0.29) is 5.69 Å². The second kappa shape index (κ2) is 4.10. The Hall–Kier alpha value is -2.30. The lowest BCUT2D eigenvalue weighted by atomic mass is 10.1. The highest BCUT2D eigenvalue weighted by molar-refractivity contribution is 5.87. The highest BCUT2D eigenvalue weighted by atomic mass is 16.5. The second-order valence-electron chi connectivity index (χ2n) is 5.45. The molecule has 0 radical (unpaired) electrons. The minimum atomic E-state index is -0.944. The first-order valence-corrected chi connectivity index (χ1v) is 6.74. The summed E-state index contributed by atoms with van der Waals surface area (Å²) in [5.41, 5.74) is 2.09. The number of aromatic amines is 1. The average molecular weight is 270 g/mol. The molecule has 0 aliphatic heterocycles. The van der Waals surface area contributed by atoms with E-state index in [2.05, 4.69) is 10.2 Å². The van der Waals surface area contributed by atoms with E-state index in [1.807, 2.05) is 30.3 Å². The number of para-hydroxylation sites is 1. The van der Waals surface area contributed by atoms with Gasteiger partial charge in [0.05, 0.1) is 6.61 Å².